The Hall–Kier alpha value is -1.26. The molecule has 104 valence electrons. The first kappa shape index (κ1) is 14.8. The minimum Gasteiger partial charge on any atom is -0.469 e. The predicted octanol–water partition coefficient (Wildman–Crippen LogP) is 1.87. The molecule has 1 rings (SSSR count). The summed E-state index contributed by atoms with van der Waals surface area (Å²) in [6, 6.07) is 0.0490. The normalized spacial score (nSPS) is 19.5. The van der Waals surface area contributed by atoms with Gasteiger partial charge in [-0.25, -0.2) is 4.79 Å². The summed E-state index contributed by atoms with van der Waals surface area (Å²) in [5, 5.41) is 0. The van der Waals surface area contributed by atoms with Crippen LogP contribution in [0.1, 0.15) is 39.5 Å². The molecule has 1 unspecified atom stereocenters. The van der Waals surface area contributed by atoms with E-state index in [4.69, 9.17) is 4.74 Å². The summed E-state index contributed by atoms with van der Waals surface area (Å²) >= 11 is 0. The zero-order valence-corrected chi connectivity index (χ0v) is 11.6. The zero-order chi connectivity index (χ0) is 13.5. The molecule has 5 nitrogen and oxygen atoms in total. The SMILES string of the molecule is CCN(CC)C(=O)N1CCCCC1CC(=O)OC. The van der Waals surface area contributed by atoms with Crippen molar-refractivity contribution in [1.82, 2.24) is 9.80 Å². The highest BCUT2D eigenvalue weighted by molar-refractivity contribution is 5.76. The first-order valence-corrected chi connectivity index (χ1v) is 6.76. The van der Waals surface area contributed by atoms with Gasteiger partial charge < -0.3 is 14.5 Å². The zero-order valence-electron chi connectivity index (χ0n) is 11.6. The monoisotopic (exact) mass is 256 g/mol. The number of esters is 1. The molecular weight excluding hydrogens is 232 g/mol. The molecule has 0 saturated carbocycles. The molecule has 2 amide bonds. The molecule has 1 heterocycles. The molecule has 5 heteroatoms. The molecular formula is C13H24N2O3. The molecule has 0 N–H and O–H groups in total. The standard InChI is InChI=1S/C13H24N2O3/c1-4-14(5-2)13(17)15-9-7-6-8-11(15)10-12(16)18-3/h11H,4-10H2,1-3H3. The van der Waals surface area contributed by atoms with Crippen LogP contribution in [0.2, 0.25) is 0 Å². The molecule has 0 aromatic rings. The van der Waals surface area contributed by atoms with Crippen molar-refractivity contribution in [1.29, 1.82) is 0 Å². The number of rotatable bonds is 4. The summed E-state index contributed by atoms with van der Waals surface area (Å²) in [5.41, 5.74) is 0. The van der Waals surface area contributed by atoms with Crippen LogP contribution >= 0.6 is 0 Å². The van der Waals surface area contributed by atoms with Gasteiger partial charge in [0.05, 0.1) is 13.5 Å². The van der Waals surface area contributed by atoms with Gasteiger partial charge in [-0.15, -0.1) is 0 Å². The van der Waals surface area contributed by atoms with Gasteiger partial charge in [-0.2, -0.15) is 0 Å². The summed E-state index contributed by atoms with van der Waals surface area (Å²) in [6.07, 6.45) is 3.29. The fraction of sp³-hybridized carbons (Fsp3) is 0.846. The van der Waals surface area contributed by atoms with Gasteiger partial charge in [-0.3, -0.25) is 4.79 Å². The Bertz CT molecular complexity index is 290. The van der Waals surface area contributed by atoms with Crippen molar-refractivity contribution in [3.05, 3.63) is 0 Å². The average Bonchev–Trinajstić information content (AvgIpc) is 2.40. The highest BCUT2D eigenvalue weighted by Gasteiger charge is 2.30. The highest BCUT2D eigenvalue weighted by Crippen LogP contribution is 2.21. The molecule has 0 aromatic heterocycles. The second kappa shape index (κ2) is 7.24. The van der Waals surface area contributed by atoms with E-state index in [0.717, 1.165) is 25.8 Å². The third-order valence-electron chi connectivity index (χ3n) is 3.54. The Morgan fingerprint density at radius 3 is 2.50 bits per heavy atom. The van der Waals surface area contributed by atoms with Crippen molar-refractivity contribution in [3.8, 4) is 0 Å². The largest absolute Gasteiger partial charge is 0.469 e. The lowest BCUT2D eigenvalue weighted by Crippen LogP contribution is -2.50. The third kappa shape index (κ3) is 3.62. The van der Waals surface area contributed by atoms with Crippen molar-refractivity contribution in [2.24, 2.45) is 0 Å². The van der Waals surface area contributed by atoms with Crippen LogP contribution in [0.15, 0.2) is 0 Å². The number of hydrogen-bond acceptors (Lipinski definition) is 3. The number of urea groups is 1. The van der Waals surface area contributed by atoms with E-state index in [1.54, 1.807) is 4.90 Å². The van der Waals surface area contributed by atoms with Crippen LogP contribution < -0.4 is 0 Å². The van der Waals surface area contributed by atoms with Gasteiger partial charge in [0.2, 0.25) is 0 Å². The summed E-state index contributed by atoms with van der Waals surface area (Å²) in [5.74, 6) is -0.237. The Morgan fingerprint density at radius 1 is 1.28 bits per heavy atom. The number of carbonyl (C=O) groups is 2. The van der Waals surface area contributed by atoms with Crippen LogP contribution in [0.4, 0.5) is 4.79 Å². The van der Waals surface area contributed by atoms with Gasteiger partial charge in [0, 0.05) is 25.7 Å². The number of amides is 2. The maximum atomic E-state index is 12.3. The van der Waals surface area contributed by atoms with Gasteiger partial charge in [-0.05, 0) is 33.1 Å². The minimum absolute atomic E-state index is 0.000648. The molecule has 18 heavy (non-hydrogen) atoms. The van der Waals surface area contributed by atoms with Crippen LogP contribution in [0.3, 0.4) is 0 Å². The molecule has 1 aliphatic rings. The van der Waals surface area contributed by atoms with Crippen molar-refractivity contribution >= 4 is 12.0 Å². The summed E-state index contributed by atoms with van der Waals surface area (Å²) in [6.45, 7) is 6.10. The number of nitrogens with zero attached hydrogens (tertiary/aromatic N) is 2. The van der Waals surface area contributed by atoms with Crippen molar-refractivity contribution < 1.29 is 14.3 Å². The van der Waals surface area contributed by atoms with E-state index in [1.165, 1.54) is 7.11 Å². The first-order valence-electron chi connectivity index (χ1n) is 6.76. The fourth-order valence-electron chi connectivity index (χ4n) is 2.42. The minimum atomic E-state index is -0.237. The number of carbonyl (C=O) groups excluding carboxylic acids is 2. The smallest absolute Gasteiger partial charge is 0.320 e. The second-order valence-electron chi connectivity index (χ2n) is 4.58. The fourth-order valence-corrected chi connectivity index (χ4v) is 2.42. The summed E-state index contributed by atoms with van der Waals surface area (Å²) in [4.78, 5) is 27.4. The maximum Gasteiger partial charge on any atom is 0.320 e. The maximum absolute atomic E-state index is 12.3. The molecule has 1 saturated heterocycles. The lowest BCUT2D eigenvalue weighted by Gasteiger charge is -2.38. The summed E-state index contributed by atoms with van der Waals surface area (Å²) in [7, 11) is 1.39. The number of hydrogen-bond donors (Lipinski definition) is 0. The van der Waals surface area contributed by atoms with Crippen molar-refractivity contribution in [3.63, 3.8) is 0 Å². The quantitative estimate of drug-likeness (QED) is 0.721. The number of methoxy groups -OCH3 is 1. The predicted molar refractivity (Wildman–Crippen MR) is 69.3 cm³/mol. The van der Waals surface area contributed by atoms with E-state index in [-0.39, 0.29) is 18.0 Å². The lowest BCUT2D eigenvalue weighted by atomic mass is 10.00. The molecule has 0 spiro atoms. The van der Waals surface area contributed by atoms with E-state index < -0.39 is 0 Å². The molecule has 0 radical (unpaired) electrons. The number of likely N-dealkylation sites (tertiary alicyclic amines) is 1. The van der Waals surface area contributed by atoms with E-state index in [2.05, 4.69) is 0 Å². The van der Waals surface area contributed by atoms with Gasteiger partial charge in [0.1, 0.15) is 0 Å². The van der Waals surface area contributed by atoms with Crippen LogP contribution in [0, 0.1) is 0 Å². The number of ether oxygens (including phenoxy) is 1. The van der Waals surface area contributed by atoms with Crippen LogP contribution in [-0.4, -0.2) is 54.6 Å². The van der Waals surface area contributed by atoms with Gasteiger partial charge in [0.15, 0.2) is 0 Å². The van der Waals surface area contributed by atoms with Crippen LogP contribution in [0.5, 0.6) is 0 Å². The van der Waals surface area contributed by atoms with Crippen LogP contribution in [-0.2, 0) is 9.53 Å². The average molecular weight is 256 g/mol. The van der Waals surface area contributed by atoms with Gasteiger partial charge in [-0.1, -0.05) is 0 Å². The second-order valence-corrected chi connectivity index (χ2v) is 4.58. The van der Waals surface area contributed by atoms with E-state index in [1.807, 2.05) is 18.7 Å². The first-order chi connectivity index (χ1) is 8.63. The molecule has 0 aromatic carbocycles. The van der Waals surface area contributed by atoms with Crippen molar-refractivity contribution in [2.45, 2.75) is 45.6 Å². The summed E-state index contributed by atoms with van der Waals surface area (Å²) < 4.78 is 4.70. The van der Waals surface area contributed by atoms with Gasteiger partial charge >= 0.3 is 12.0 Å². The molecule has 0 bridgehead atoms. The van der Waals surface area contributed by atoms with Crippen molar-refractivity contribution in [2.75, 3.05) is 26.7 Å². The van der Waals surface area contributed by atoms with Gasteiger partial charge in [0.25, 0.3) is 0 Å². The Labute approximate surface area is 109 Å². The van der Waals surface area contributed by atoms with E-state index in [0.29, 0.717) is 19.5 Å². The topological polar surface area (TPSA) is 49.9 Å². The number of piperidine rings is 1. The Morgan fingerprint density at radius 2 is 1.94 bits per heavy atom. The highest BCUT2D eigenvalue weighted by atomic mass is 16.5. The molecule has 1 atom stereocenters. The van der Waals surface area contributed by atoms with E-state index >= 15 is 0 Å². The third-order valence-corrected chi connectivity index (χ3v) is 3.54. The molecule has 1 aliphatic heterocycles. The van der Waals surface area contributed by atoms with Crippen LogP contribution in [0.25, 0.3) is 0 Å². The Kier molecular flexibility index (Phi) is 5.95. The lowest BCUT2D eigenvalue weighted by molar-refractivity contribution is -0.142. The Balaban J connectivity index is 2.69. The van der Waals surface area contributed by atoms with E-state index in [9.17, 15) is 9.59 Å². The molecule has 1 fully saturated rings. The molecule has 0 aliphatic carbocycles.